The fourth-order valence-electron chi connectivity index (χ4n) is 4.06. The minimum absolute atomic E-state index is 0.0627. The van der Waals surface area contributed by atoms with Gasteiger partial charge in [-0.3, -0.25) is 4.79 Å². The molecule has 1 atom stereocenters. The van der Waals surface area contributed by atoms with Gasteiger partial charge in [-0.15, -0.1) is 0 Å². The number of nitrogens with zero attached hydrogens (tertiary/aromatic N) is 3. The second kappa shape index (κ2) is 8.26. The Balaban J connectivity index is 1.34. The number of carbonyl (C=O) groups excluding carboxylic acids is 1. The first-order chi connectivity index (χ1) is 13.9. The third kappa shape index (κ3) is 5.04. The Labute approximate surface area is 167 Å². The summed E-state index contributed by atoms with van der Waals surface area (Å²) in [6.45, 7) is 3.44. The number of hydrogen-bond donors (Lipinski definition) is 0. The maximum Gasteiger partial charge on any atom is 0.471 e. The van der Waals surface area contributed by atoms with Crippen LogP contribution in [0.25, 0.3) is 11.4 Å². The van der Waals surface area contributed by atoms with Crippen LogP contribution in [-0.2, 0) is 6.18 Å². The van der Waals surface area contributed by atoms with Crippen LogP contribution in [0, 0.1) is 11.8 Å². The second-order valence-corrected chi connectivity index (χ2v) is 8.07. The van der Waals surface area contributed by atoms with Crippen LogP contribution in [0.5, 0.6) is 0 Å². The van der Waals surface area contributed by atoms with Crippen molar-refractivity contribution in [1.29, 1.82) is 0 Å². The van der Waals surface area contributed by atoms with Crippen molar-refractivity contribution in [2.24, 2.45) is 11.8 Å². The van der Waals surface area contributed by atoms with Gasteiger partial charge in [0.2, 0.25) is 5.82 Å². The van der Waals surface area contributed by atoms with E-state index in [-0.39, 0.29) is 11.6 Å². The van der Waals surface area contributed by atoms with E-state index >= 15 is 0 Å². The van der Waals surface area contributed by atoms with Crippen molar-refractivity contribution >= 4 is 5.78 Å². The number of carbonyl (C=O) groups is 1. The van der Waals surface area contributed by atoms with Crippen molar-refractivity contribution in [3.05, 3.63) is 35.7 Å². The van der Waals surface area contributed by atoms with E-state index in [1.54, 1.807) is 24.3 Å². The molecule has 2 heterocycles. The van der Waals surface area contributed by atoms with Crippen LogP contribution in [-0.4, -0.2) is 40.5 Å². The van der Waals surface area contributed by atoms with Gasteiger partial charge >= 0.3 is 12.1 Å². The maximum atomic E-state index is 12.6. The highest BCUT2D eigenvalue weighted by molar-refractivity contribution is 5.96. The molecule has 0 spiro atoms. The molecule has 0 unspecified atom stereocenters. The molecule has 2 aliphatic rings. The number of aromatic nitrogens is 2. The highest BCUT2D eigenvalue weighted by Crippen LogP contribution is 2.40. The molecule has 1 aliphatic heterocycles. The van der Waals surface area contributed by atoms with Gasteiger partial charge in [0.15, 0.2) is 5.78 Å². The predicted molar refractivity (Wildman–Crippen MR) is 100 cm³/mol. The molecule has 4 rings (SSSR count). The summed E-state index contributed by atoms with van der Waals surface area (Å²) < 4.78 is 42.0. The normalized spacial score (nSPS) is 18.9. The standard InChI is InChI=1S/C21H24F3N3O2/c22-21(23,24)20-25-19(26-29-20)16-7-5-15(6-8-16)18(28)10-9-17(14-3-4-14)13-27-11-1-2-12-27/h5-8,14,17H,1-4,9-13H2/t17-/m1/s1. The van der Waals surface area contributed by atoms with Gasteiger partial charge in [0.1, 0.15) is 0 Å². The van der Waals surface area contributed by atoms with Gasteiger partial charge in [-0.05, 0) is 57.0 Å². The zero-order chi connectivity index (χ0) is 20.4. The van der Waals surface area contributed by atoms with E-state index < -0.39 is 12.1 Å². The lowest BCUT2D eigenvalue weighted by atomic mass is 9.94. The molecule has 29 heavy (non-hydrogen) atoms. The van der Waals surface area contributed by atoms with Crippen molar-refractivity contribution in [2.45, 2.75) is 44.7 Å². The zero-order valence-electron chi connectivity index (χ0n) is 16.1. The van der Waals surface area contributed by atoms with E-state index in [9.17, 15) is 18.0 Å². The molecular formula is C21H24F3N3O2. The lowest BCUT2D eigenvalue weighted by Crippen LogP contribution is -2.28. The minimum atomic E-state index is -4.67. The Hall–Kier alpha value is -2.22. The first kappa shape index (κ1) is 20.1. The molecule has 2 aromatic rings. The number of benzene rings is 1. The molecule has 1 saturated heterocycles. The van der Waals surface area contributed by atoms with Gasteiger partial charge < -0.3 is 9.42 Å². The van der Waals surface area contributed by atoms with Gasteiger partial charge in [-0.25, -0.2) is 0 Å². The average Bonchev–Trinajstić information content (AvgIpc) is 3.18. The highest BCUT2D eigenvalue weighted by Gasteiger charge is 2.38. The Morgan fingerprint density at radius 3 is 2.45 bits per heavy atom. The summed E-state index contributed by atoms with van der Waals surface area (Å²) >= 11 is 0. The number of halogens is 3. The van der Waals surface area contributed by atoms with E-state index in [0.29, 0.717) is 23.5 Å². The molecule has 2 fully saturated rings. The summed E-state index contributed by atoms with van der Waals surface area (Å²) in [5, 5.41) is 3.37. The van der Waals surface area contributed by atoms with E-state index in [2.05, 4.69) is 19.6 Å². The molecule has 1 aromatic heterocycles. The number of rotatable bonds is 8. The number of Topliss-reactive ketones (excluding diaryl/α,β-unsaturated/α-hetero) is 1. The molecular weight excluding hydrogens is 383 g/mol. The number of alkyl halides is 3. The molecule has 156 valence electrons. The summed E-state index contributed by atoms with van der Waals surface area (Å²) in [5.74, 6) is -0.122. The van der Waals surface area contributed by atoms with E-state index in [0.717, 1.165) is 18.9 Å². The van der Waals surface area contributed by atoms with Gasteiger partial charge in [0.25, 0.3) is 0 Å². The fourth-order valence-corrected chi connectivity index (χ4v) is 4.06. The molecule has 0 amide bonds. The molecule has 1 aliphatic carbocycles. The smallest absolute Gasteiger partial charge is 0.329 e. The zero-order valence-corrected chi connectivity index (χ0v) is 16.1. The van der Waals surface area contributed by atoms with Crippen LogP contribution in [0.1, 0.15) is 54.8 Å². The van der Waals surface area contributed by atoms with Crippen LogP contribution in [0.2, 0.25) is 0 Å². The van der Waals surface area contributed by atoms with Crippen molar-refractivity contribution in [3.8, 4) is 11.4 Å². The van der Waals surface area contributed by atoms with Crippen LogP contribution >= 0.6 is 0 Å². The van der Waals surface area contributed by atoms with Crippen LogP contribution in [0.15, 0.2) is 28.8 Å². The first-order valence-corrected chi connectivity index (χ1v) is 10.2. The second-order valence-electron chi connectivity index (χ2n) is 8.07. The Bertz CT molecular complexity index is 838. The van der Waals surface area contributed by atoms with Crippen molar-refractivity contribution < 1.29 is 22.5 Å². The Morgan fingerprint density at radius 2 is 1.86 bits per heavy atom. The molecule has 0 N–H and O–H groups in total. The SMILES string of the molecule is O=C(CC[C@H](CN1CCCC1)C1CC1)c1ccc(-c2noc(C(F)(F)F)n2)cc1. The summed E-state index contributed by atoms with van der Waals surface area (Å²) in [6, 6.07) is 6.35. The topological polar surface area (TPSA) is 59.2 Å². The van der Waals surface area contributed by atoms with Gasteiger partial charge in [0, 0.05) is 24.1 Å². The highest BCUT2D eigenvalue weighted by atomic mass is 19.4. The van der Waals surface area contributed by atoms with Gasteiger partial charge in [-0.1, -0.05) is 29.4 Å². The third-order valence-corrected chi connectivity index (χ3v) is 5.86. The van der Waals surface area contributed by atoms with Crippen molar-refractivity contribution in [2.75, 3.05) is 19.6 Å². The molecule has 5 nitrogen and oxygen atoms in total. The Kier molecular flexibility index (Phi) is 5.72. The lowest BCUT2D eigenvalue weighted by Gasteiger charge is -2.23. The predicted octanol–water partition coefficient (Wildman–Crippen LogP) is 4.84. The summed E-state index contributed by atoms with van der Waals surface area (Å²) in [5.41, 5.74) is 0.940. The number of hydrogen-bond acceptors (Lipinski definition) is 5. The van der Waals surface area contributed by atoms with Crippen LogP contribution in [0.3, 0.4) is 0 Å². The summed E-state index contributed by atoms with van der Waals surface area (Å²) in [7, 11) is 0. The maximum absolute atomic E-state index is 12.6. The van der Waals surface area contributed by atoms with E-state index in [1.807, 2.05) is 0 Å². The molecule has 8 heteroatoms. The average molecular weight is 407 g/mol. The van der Waals surface area contributed by atoms with E-state index in [1.165, 1.54) is 38.8 Å². The Morgan fingerprint density at radius 1 is 1.17 bits per heavy atom. The summed E-state index contributed by atoms with van der Waals surface area (Å²) in [4.78, 5) is 18.5. The summed E-state index contributed by atoms with van der Waals surface area (Å²) in [6.07, 6.45) is 1.80. The van der Waals surface area contributed by atoms with Crippen LogP contribution < -0.4 is 0 Å². The quantitative estimate of drug-likeness (QED) is 0.586. The van der Waals surface area contributed by atoms with Gasteiger partial charge in [-0.2, -0.15) is 18.2 Å². The molecule has 0 bridgehead atoms. The monoisotopic (exact) mass is 407 g/mol. The van der Waals surface area contributed by atoms with Crippen molar-refractivity contribution in [3.63, 3.8) is 0 Å². The largest absolute Gasteiger partial charge is 0.471 e. The van der Waals surface area contributed by atoms with Crippen LogP contribution in [0.4, 0.5) is 13.2 Å². The number of likely N-dealkylation sites (tertiary alicyclic amines) is 1. The molecule has 1 saturated carbocycles. The number of ketones is 1. The first-order valence-electron chi connectivity index (χ1n) is 10.2. The van der Waals surface area contributed by atoms with E-state index in [4.69, 9.17) is 0 Å². The lowest BCUT2D eigenvalue weighted by molar-refractivity contribution is -0.159. The minimum Gasteiger partial charge on any atom is -0.329 e. The molecule has 1 aromatic carbocycles. The molecule has 0 radical (unpaired) electrons. The fraction of sp³-hybridized carbons (Fsp3) is 0.571. The van der Waals surface area contributed by atoms with Gasteiger partial charge in [0.05, 0.1) is 0 Å². The van der Waals surface area contributed by atoms with Crippen molar-refractivity contribution in [1.82, 2.24) is 15.0 Å². The third-order valence-electron chi connectivity index (χ3n) is 5.86.